The van der Waals surface area contributed by atoms with Crippen molar-refractivity contribution in [2.75, 3.05) is 18.5 Å². The zero-order valence-corrected chi connectivity index (χ0v) is 15.6. The maximum atomic E-state index is 13.4. The largest absolute Gasteiger partial charge is 0.376 e. The Balaban J connectivity index is 1.76. The third-order valence-corrected chi connectivity index (χ3v) is 4.57. The van der Waals surface area contributed by atoms with Gasteiger partial charge in [-0.25, -0.2) is 9.38 Å². The molecule has 27 heavy (non-hydrogen) atoms. The molecule has 1 unspecified atom stereocenters. The van der Waals surface area contributed by atoms with Gasteiger partial charge in [0.25, 0.3) is 5.91 Å². The van der Waals surface area contributed by atoms with Crippen LogP contribution in [0.15, 0.2) is 47.5 Å². The van der Waals surface area contributed by atoms with Gasteiger partial charge in [-0.3, -0.25) is 10.1 Å². The summed E-state index contributed by atoms with van der Waals surface area (Å²) in [5.74, 6) is -0.553. The maximum absolute atomic E-state index is 13.4. The number of aryl methyl sites for hydroxylation is 2. The van der Waals surface area contributed by atoms with Crippen LogP contribution >= 0.6 is 0 Å². The van der Waals surface area contributed by atoms with Crippen LogP contribution in [0.3, 0.4) is 0 Å². The van der Waals surface area contributed by atoms with E-state index in [1.165, 1.54) is 23.8 Å². The minimum atomic E-state index is -0.456. The number of nitrogens with zero attached hydrogens (tertiary/aromatic N) is 1. The standard InChI is InChI=1S/C21H24FN3O2/c1-14-8-9-18(11-15(14)2)24-21(23-13-19-7-4-10-27-19)25-20(26)16-5-3-6-17(22)12-16/h3,5-6,8-9,11-12,19H,4,7,10,13H2,1-2H3,(H2,23,24,25,26). The normalized spacial score (nSPS) is 17.0. The molecule has 1 aliphatic heterocycles. The van der Waals surface area contributed by atoms with Crippen LogP contribution in [-0.4, -0.2) is 31.1 Å². The Kier molecular flexibility index (Phi) is 6.19. The van der Waals surface area contributed by atoms with Crippen LogP contribution in [0.25, 0.3) is 0 Å². The summed E-state index contributed by atoms with van der Waals surface area (Å²) in [7, 11) is 0. The lowest BCUT2D eigenvalue weighted by molar-refractivity contribution is 0.0975. The molecule has 1 aliphatic rings. The highest BCUT2D eigenvalue weighted by Gasteiger charge is 2.16. The molecule has 0 spiro atoms. The average Bonchev–Trinajstić information content (AvgIpc) is 3.16. The number of amides is 1. The van der Waals surface area contributed by atoms with E-state index in [1.54, 1.807) is 6.07 Å². The predicted octanol–water partition coefficient (Wildman–Crippen LogP) is 3.82. The third-order valence-electron chi connectivity index (χ3n) is 4.57. The van der Waals surface area contributed by atoms with Crippen molar-refractivity contribution in [3.05, 3.63) is 65.0 Å². The van der Waals surface area contributed by atoms with Crippen LogP contribution < -0.4 is 10.6 Å². The molecule has 1 amide bonds. The van der Waals surface area contributed by atoms with Gasteiger partial charge in [0, 0.05) is 17.9 Å². The third kappa shape index (κ3) is 5.37. The molecule has 1 saturated heterocycles. The van der Waals surface area contributed by atoms with Crippen molar-refractivity contribution in [3.63, 3.8) is 0 Å². The second kappa shape index (κ2) is 8.77. The van der Waals surface area contributed by atoms with Gasteiger partial charge in [-0.2, -0.15) is 0 Å². The lowest BCUT2D eigenvalue weighted by atomic mass is 10.1. The van der Waals surface area contributed by atoms with E-state index in [1.807, 2.05) is 32.0 Å². The Hall–Kier alpha value is -2.73. The monoisotopic (exact) mass is 369 g/mol. The molecule has 142 valence electrons. The summed E-state index contributed by atoms with van der Waals surface area (Å²) in [5.41, 5.74) is 3.38. The first-order valence-electron chi connectivity index (χ1n) is 9.08. The van der Waals surface area contributed by atoms with Gasteiger partial charge < -0.3 is 10.1 Å². The van der Waals surface area contributed by atoms with Gasteiger partial charge in [0.05, 0.1) is 12.6 Å². The van der Waals surface area contributed by atoms with Crippen molar-refractivity contribution in [3.8, 4) is 0 Å². The van der Waals surface area contributed by atoms with Gasteiger partial charge >= 0.3 is 0 Å². The van der Waals surface area contributed by atoms with Crippen LogP contribution in [0.1, 0.15) is 34.3 Å². The van der Waals surface area contributed by atoms with Gasteiger partial charge in [-0.15, -0.1) is 0 Å². The topological polar surface area (TPSA) is 62.7 Å². The van der Waals surface area contributed by atoms with E-state index >= 15 is 0 Å². The number of halogens is 1. The minimum absolute atomic E-state index is 0.0626. The molecule has 2 N–H and O–H groups in total. The van der Waals surface area contributed by atoms with Crippen molar-refractivity contribution >= 4 is 17.6 Å². The fraction of sp³-hybridized carbons (Fsp3) is 0.333. The van der Waals surface area contributed by atoms with Crippen LogP contribution in [0.5, 0.6) is 0 Å². The number of benzene rings is 2. The summed E-state index contributed by atoms with van der Waals surface area (Å²) < 4.78 is 19.0. The molecule has 1 fully saturated rings. The fourth-order valence-electron chi connectivity index (χ4n) is 2.86. The Bertz CT molecular complexity index is 845. The number of guanidine groups is 1. The summed E-state index contributed by atoms with van der Waals surface area (Å²) in [4.78, 5) is 17.0. The number of rotatable bonds is 4. The minimum Gasteiger partial charge on any atom is -0.376 e. The lowest BCUT2D eigenvalue weighted by Gasteiger charge is -2.14. The number of carbonyl (C=O) groups excluding carboxylic acids is 1. The molecule has 2 aromatic carbocycles. The van der Waals surface area contributed by atoms with E-state index < -0.39 is 11.7 Å². The van der Waals surface area contributed by atoms with Crippen molar-refractivity contribution < 1.29 is 13.9 Å². The second-order valence-corrected chi connectivity index (χ2v) is 6.71. The van der Waals surface area contributed by atoms with E-state index in [2.05, 4.69) is 15.6 Å². The lowest BCUT2D eigenvalue weighted by Crippen LogP contribution is -2.36. The Morgan fingerprint density at radius 2 is 2.07 bits per heavy atom. The SMILES string of the molecule is Cc1ccc(NC(=NCC2CCCO2)NC(=O)c2cccc(F)c2)cc1C. The number of nitrogens with one attached hydrogen (secondary N) is 2. The van der Waals surface area contributed by atoms with Gasteiger partial charge in [-0.05, 0) is 68.1 Å². The van der Waals surface area contributed by atoms with Crippen LogP contribution in [0.4, 0.5) is 10.1 Å². The van der Waals surface area contributed by atoms with Crippen LogP contribution in [-0.2, 0) is 4.74 Å². The first-order valence-corrected chi connectivity index (χ1v) is 9.08. The zero-order chi connectivity index (χ0) is 19.2. The molecule has 3 rings (SSSR count). The van der Waals surface area contributed by atoms with Gasteiger partial charge in [0.15, 0.2) is 0 Å². The molecule has 6 heteroatoms. The van der Waals surface area contributed by atoms with Crippen LogP contribution in [0.2, 0.25) is 0 Å². The van der Waals surface area contributed by atoms with Crippen molar-refractivity contribution in [1.29, 1.82) is 0 Å². The molecule has 0 aromatic heterocycles. The Morgan fingerprint density at radius 1 is 1.22 bits per heavy atom. The summed E-state index contributed by atoms with van der Waals surface area (Å²) in [5, 5.41) is 5.90. The predicted molar refractivity (Wildman–Crippen MR) is 105 cm³/mol. The smallest absolute Gasteiger partial charge is 0.258 e. The first-order chi connectivity index (χ1) is 13.0. The number of aliphatic imine (C=N–C) groups is 1. The summed E-state index contributed by atoms with van der Waals surface area (Å²) >= 11 is 0. The average molecular weight is 369 g/mol. The fourth-order valence-corrected chi connectivity index (χ4v) is 2.86. The molecule has 0 radical (unpaired) electrons. The summed E-state index contributed by atoms with van der Waals surface area (Å²) in [6.45, 7) is 5.26. The van der Waals surface area contributed by atoms with E-state index in [0.717, 1.165) is 30.7 Å². The molecule has 1 heterocycles. The Labute approximate surface area is 158 Å². The number of hydrogen-bond donors (Lipinski definition) is 2. The Morgan fingerprint density at radius 3 is 2.78 bits per heavy atom. The van der Waals surface area contributed by atoms with E-state index in [0.29, 0.717) is 12.5 Å². The molecule has 1 atom stereocenters. The van der Waals surface area contributed by atoms with E-state index in [9.17, 15) is 9.18 Å². The highest BCUT2D eigenvalue weighted by atomic mass is 19.1. The van der Waals surface area contributed by atoms with Gasteiger partial charge in [0.2, 0.25) is 5.96 Å². The number of anilines is 1. The second-order valence-electron chi connectivity index (χ2n) is 6.71. The maximum Gasteiger partial charge on any atom is 0.258 e. The molecule has 0 aliphatic carbocycles. The molecule has 0 bridgehead atoms. The molecule has 2 aromatic rings. The van der Waals surface area contributed by atoms with Crippen molar-refractivity contribution in [1.82, 2.24) is 5.32 Å². The molecule has 0 saturated carbocycles. The summed E-state index contributed by atoms with van der Waals surface area (Å²) in [6, 6.07) is 11.5. The van der Waals surface area contributed by atoms with Crippen molar-refractivity contribution in [2.45, 2.75) is 32.8 Å². The van der Waals surface area contributed by atoms with E-state index in [4.69, 9.17) is 4.74 Å². The van der Waals surface area contributed by atoms with Gasteiger partial charge in [0.1, 0.15) is 5.82 Å². The number of carbonyl (C=O) groups is 1. The molecule has 5 nitrogen and oxygen atoms in total. The first kappa shape index (κ1) is 19.0. The number of hydrogen-bond acceptors (Lipinski definition) is 3. The molecular weight excluding hydrogens is 345 g/mol. The summed E-state index contributed by atoms with van der Waals surface area (Å²) in [6.07, 6.45) is 2.04. The molecular formula is C21H24FN3O2. The number of ether oxygens (including phenoxy) is 1. The van der Waals surface area contributed by atoms with E-state index in [-0.39, 0.29) is 11.7 Å². The highest BCUT2D eigenvalue weighted by Crippen LogP contribution is 2.15. The zero-order valence-electron chi connectivity index (χ0n) is 15.6. The van der Waals surface area contributed by atoms with Gasteiger partial charge in [-0.1, -0.05) is 12.1 Å². The highest BCUT2D eigenvalue weighted by molar-refractivity contribution is 6.10. The van der Waals surface area contributed by atoms with Crippen molar-refractivity contribution in [2.24, 2.45) is 4.99 Å². The van der Waals surface area contributed by atoms with Crippen LogP contribution in [0, 0.1) is 19.7 Å². The quantitative estimate of drug-likeness (QED) is 0.636.